The largest absolute Gasteiger partial charge is 0.393 e. The van der Waals surface area contributed by atoms with Crippen molar-refractivity contribution in [1.82, 2.24) is 15.5 Å². The second kappa shape index (κ2) is 7.99. The van der Waals surface area contributed by atoms with Crippen molar-refractivity contribution in [3.8, 4) is 0 Å². The number of aliphatic hydroxyl groups excluding tert-OH is 1. The Morgan fingerprint density at radius 1 is 1.50 bits per heavy atom. The second-order valence-electron chi connectivity index (χ2n) is 4.12. The Bertz CT molecular complexity index is 368. The summed E-state index contributed by atoms with van der Waals surface area (Å²) in [6, 6.07) is -0.311. The van der Waals surface area contributed by atoms with E-state index in [0.717, 1.165) is 24.3 Å². The molecule has 1 aromatic heterocycles. The lowest BCUT2D eigenvalue weighted by Crippen LogP contribution is -2.30. The summed E-state index contributed by atoms with van der Waals surface area (Å²) in [5.41, 5.74) is 0. The molecule has 0 aliphatic heterocycles. The molecule has 18 heavy (non-hydrogen) atoms. The smallest absolute Gasteiger partial charge is 0.321 e. The summed E-state index contributed by atoms with van der Waals surface area (Å²) in [5, 5.41) is 23.7. The third kappa shape index (κ3) is 5.92. The lowest BCUT2D eigenvalue weighted by molar-refractivity contribution is 0.184. The van der Waals surface area contributed by atoms with E-state index in [-0.39, 0.29) is 6.03 Å². The maximum atomic E-state index is 11.5. The molecule has 1 aromatic rings. The Morgan fingerprint density at radius 2 is 2.28 bits per heavy atom. The van der Waals surface area contributed by atoms with Gasteiger partial charge in [0, 0.05) is 13.0 Å². The number of nitrogens with zero attached hydrogens (tertiary/aromatic N) is 2. The minimum absolute atomic E-state index is 0.311. The highest BCUT2D eigenvalue weighted by atomic mass is 32.1. The molecule has 0 aromatic carbocycles. The zero-order valence-corrected chi connectivity index (χ0v) is 11.6. The molecule has 2 amide bonds. The normalized spacial score (nSPS) is 12.2. The first-order valence-electron chi connectivity index (χ1n) is 6.17. The quantitative estimate of drug-likeness (QED) is 0.706. The van der Waals surface area contributed by atoms with E-state index >= 15 is 0 Å². The number of aliphatic hydroxyl groups is 1. The minimum Gasteiger partial charge on any atom is -0.393 e. The second-order valence-corrected chi connectivity index (χ2v) is 5.19. The van der Waals surface area contributed by atoms with Crippen molar-refractivity contribution < 1.29 is 9.90 Å². The van der Waals surface area contributed by atoms with Crippen LogP contribution in [0, 0.1) is 0 Å². The van der Waals surface area contributed by atoms with Crippen molar-refractivity contribution in [3.63, 3.8) is 0 Å². The number of anilines is 1. The van der Waals surface area contributed by atoms with E-state index in [0.29, 0.717) is 18.1 Å². The molecule has 1 heterocycles. The van der Waals surface area contributed by atoms with E-state index in [1.54, 1.807) is 6.92 Å². The molecule has 102 valence electrons. The summed E-state index contributed by atoms with van der Waals surface area (Å²) in [7, 11) is 0. The van der Waals surface area contributed by atoms with Crippen LogP contribution in [0.4, 0.5) is 9.93 Å². The Balaban J connectivity index is 2.28. The predicted molar refractivity (Wildman–Crippen MR) is 71.8 cm³/mol. The number of urea groups is 1. The van der Waals surface area contributed by atoms with Crippen LogP contribution >= 0.6 is 11.3 Å². The van der Waals surface area contributed by atoms with Gasteiger partial charge in [0.1, 0.15) is 5.01 Å². The predicted octanol–water partition coefficient (Wildman–Crippen LogP) is 1.77. The molecule has 7 heteroatoms. The van der Waals surface area contributed by atoms with Crippen LogP contribution in [0.1, 0.15) is 38.1 Å². The number of carbonyl (C=O) groups is 1. The zero-order valence-electron chi connectivity index (χ0n) is 10.8. The molecule has 0 bridgehead atoms. The van der Waals surface area contributed by atoms with E-state index in [1.807, 2.05) is 0 Å². The van der Waals surface area contributed by atoms with Crippen molar-refractivity contribution in [3.05, 3.63) is 5.01 Å². The number of carbonyl (C=O) groups excluding carboxylic acids is 1. The fourth-order valence-electron chi connectivity index (χ4n) is 1.27. The first-order valence-corrected chi connectivity index (χ1v) is 6.98. The van der Waals surface area contributed by atoms with Gasteiger partial charge in [0.2, 0.25) is 5.13 Å². The lowest BCUT2D eigenvalue weighted by Gasteiger charge is -2.06. The Hall–Kier alpha value is -1.21. The van der Waals surface area contributed by atoms with Gasteiger partial charge in [-0.15, -0.1) is 10.2 Å². The maximum Gasteiger partial charge on any atom is 0.321 e. The van der Waals surface area contributed by atoms with Crippen molar-refractivity contribution in [2.24, 2.45) is 0 Å². The van der Waals surface area contributed by atoms with Crippen LogP contribution in [-0.4, -0.2) is 34.0 Å². The first-order chi connectivity index (χ1) is 8.61. The summed E-state index contributed by atoms with van der Waals surface area (Å²) >= 11 is 1.40. The molecule has 0 aliphatic rings. The molecule has 0 saturated carbocycles. The molecule has 6 nitrogen and oxygen atoms in total. The fraction of sp³-hybridized carbons (Fsp3) is 0.727. The van der Waals surface area contributed by atoms with Gasteiger partial charge in [-0.2, -0.15) is 0 Å². The van der Waals surface area contributed by atoms with Crippen molar-refractivity contribution in [1.29, 1.82) is 0 Å². The first kappa shape index (κ1) is 14.8. The number of hydrogen-bond donors (Lipinski definition) is 3. The van der Waals surface area contributed by atoms with Crippen molar-refractivity contribution >= 4 is 22.5 Å². The number of amides is 2. The average molecular weight is 272 g/mol. The summed E-state index contributed by atoms with van der Waals surface area (Å²) in [6.07, 6.45) is 3.22. The van der Waals surface area contributed by atoms with Crippen LogP contribution in [-0.2, 0) is 6.42 Å². The van der Waals surface area contributed by atoms with Crippen molar-refractivity contribution in [2.75, 3.05) is 11.9 Å². The lowest BCUT2D eigenvalue weighted by atomic mass is 10.3. The van der Waals surface area contributed by atoms with Gasteiger partial charge in [0.05, 0.1) is 6.10 Å². The van der Waals surface area contributed by atoms with E-state index < -0.39 is 6.10 Å². The van der Waals surface area contributed by atoms with Crippen LogP contribution in [0.2, 0.25) is 0 Å². The van der Waals surface area contributed by atoms with E-state index in [2.05, 4.69) is 27.8 Å². The van der Waals surface area contributed by atoms with Gasteiger partial charge in [0.25, 0.3) is 0 Å². The molecule has 1 atom stereocenters. The van der Waals surface area contributed by atoms with Gasteiger partial charge in [0.15, 0.2) is 0 Å². The van der Waals surface area contributed by atoms with E-state index in [4.69, 9.17) is 5.11 Å². The Morgan fingerprint density at radius 3 is 2.94 bits per heavy atom. The number of aryl methyl sites for hydroxylation is 1. The topological polar surface area (TPSA) is 87.1 Å². The molecule has 0 spiro atoms. The number of hydrogen-bond acceptors (Lipinski definition) is 5. The minimum atomic E-state index is -0.410. The third-order valence-corrected chi connectivity index (χ3v) is 3.18. The number of aromatic nitrogens is 2. The van der Waals surface area contributed by atoms with Crippen molar-refractivity contribution in [2.45, 2.75) is 45.6 Å². The summed E-state index contributed by atoms with van der Waals surface area (Å²) in [4.78, 5) is 11.5. The highest BCUT2D eigenvalue weighted by Gasteiger charge is 2.07. The van der Waals surface area contributed by atoms with E-state index in [1.165, 1.54) is 11.3 Å². The SMILES string of the molecule is CCCCc1nnc(NC(=O)NCCC(C)O)s1. The van der Waals surface area contributed by atoms with Crippen LogP contribution in [0.25, 0.3) is 0 Å². The molecule has 0 aliphatic carbocycles. The van der Waals surface area contributed by atoms with Gasteiger partial charge < -0.3 is 10.4 Å². The molecule has 1 rings (SSSR count). The van der Waals surface area contributed by atoms with Crippen LogP contribution in [0.3, 0.4) is 0 Å². The molecule has 3 N–H and O–H groups in total. The molecule has 0 fully saturated rings. The Labute approximate surface area is 111 Å². The highest BCUT2D eigenvalue weighted by molar-refractivity contribution is 7.15. The number of nitrogens with one attached hydrogen (secondary N) is 2. The maximum absolute atomic E-state index is 11.5. The molecule has 0 radical (unpaired) electrons. The third-order valence-electron chi connectivity index (χ3n) is 2.28. The van der Waals surface area contributed by atoms with Gasteiger partial charge >= 0.3 is 6.03 Å². The van der Waals surface area contributed by atoms with Gasteiger partial charge in [-0.25, -0.2) is 4.79 Å². The zero-order chi connectivity index (χ0) is 13.4. The number of rotatable bonds is 7. The monoisotopic (exact) mass is 272 g/mol. The molecule has 0 saturated heterocycles. The van der Waals surface area contributed by atoms with Crippen LogP contribution in [0.5, 0.6) is 0 Å². The average Bonchev–Trinajstić information content (AvgIpc) is 2.73. The summed E-state index contributed by atoms with van der Waals surface area (Å²) in [5.74, 6) is 0. The molecule has 1 unspecified atom stereocenters. The fourth-order valence-corrected chi connectivity index (χ4v) is 2.05. The van der Waals surface area contributed by atoms with Gasteiger partial charge in [-0.05, 0) is 19.8 Å². The standard InChI is InChI=1S/C11H20N4O2S/c1-3-4-5-9-14-15-11(18-9)13-10(17)12-7-6-8(2)16/h8,16H,3-7H2,1-2H3,(H2,12,13,15,17). The molecular weight excluding hydrogens is 252 g/mol. The highest BCUT2D eigenvalue weighted by Crippen LogP contribution is 2.16. The summed E-state index contributed by atoms with van der Waals surface area (Å²) in [6.45, 7) is 4.24. The Kier molecular flexibility index (Phi) is 6.59. The van der Waals surface area contributed by atoms with Gasteiger partial charge in [-0.1, -0.05) is 24.7 Å². The number of unbranched alkanes of at least 4 members (excludes halogenated alkanes) is 1. The van der Waals surface area contributed by atoms with Crippen LogP contribution in [0.15, 0.2) is 0 Å². The van der Waals surface area contributed by atoms with Crippen LogP contribution < -0.4 is 10.6 Å². The van der Waals surface area contributed by atoms with E-state index in [9.17, 15) is 4.79 Å². The summed E-state index contributed by atoms with van der Waals surface area (Å²) < 4.78 is 0. The van der Waals surface area contributed by atoms with Gasteiger partial charge in [-0.3, -0.25) is 5.32 Å². The molecular formula is C11H20N4O2S.